The van der Waals surface area contributed by atoms with E-state index in [0.717, 1.165) is 12.2 Å². The van der Waals surface area contributed by atoms with Gasteiger partial charge in [0.15, 0.2) is 0 Å². The zero-order valence-corrected chi connectivity index (χ0v) is 8.69. The summed E-state index contributed by atoms with van der Waals surface area (Å²) >= 11 is 0. The highest BCUT2D eigenvalue weighted by atomic mass is 16.4. The third-order valence-electron chi connectivity index (χ3n) is 1.98. The first kappa shape index (κ1) is 10.7. The Labute approximate surface area is 82.8 Å². The summed E-state index contributed by atoms with van der Waals surface area (Å²) in [6.07, 6.45) is 0.704. The lowest BCUT2D eigenvalue weighted by Gasteiger charge is -2.11. The molecule has 1 aromatic heterocycles. The van der Waals surface area contributed by atoms with E-state index in [9.17, 15) is 4.79 Å². The molecule has 0 fully saturated rings. The Morgan fingerprint density at radius 1 is 1.43 bits per heavy atom. The molecule has 5 nitrogen and oxygen atoms in total. The minimum Gasteiger partial charge on any atom is -0.481 e. The number of aryl methyl sites for hydroxylation is 1. The van der Waals surface area contributed by atoms with E-state index in [2.05, 4.69) is 10.2 Å². The normalized spacial score (nSPS) is 10.9. The fraction of sp³-hybridized carbons (Fsp3) is 0.667. The van der Waals surface area contributed by atoms with Crippen molar-refractivity contribution in [3.05, 3.63) is 11.6 Å². The highest BCUT2D eigenvalue weighted by molar-refractivity contribution is 5.69. The number of carboxylic acid groups (broad SMARTS) is 1. The first-order valence-electron chi connectivity index (χ1n) is 4.70. The average Bonchev–Trinajstić information content (AvgIpc) is 2.46. The van der Waals surface area contributed by atoms with Crippen LogP contribution < -0.4 is 0 Å². The topological polar surface area (TPSA) is 68.0 Å². The molecule has 0 unspecified atom stereocenters. The Balaban J connectivity index is 3.04. The predicted molar refractivity (Wildman–Crippen MR) is 51.1 cm³/mol. The second-order valence-electron chi connectivity index (χ2n) is 3.42. The molecule has 0 saturated heterocycles. The van der Waals surface area contributed by atoms with Gasteiger partial charge in [-0.15, -0.1) is 10.2 Å². The third-order valence-corrected chi connectivity index (χ3v) is 1.98. The molecule has 0 atom stereocenters. The van der Waals surface area contributed by atoms with Gasteiger partial charge in [0.05, 0.1) is 0 Å². The van der Waals surface area contributed by atoms with E-state index >= 15 is 0 Å². The fourth-order valence-corrected chi connectivity index (χ4v) is 1.45. The van der Waals surface area contributed by atoms with Crippen LogP contribution >= 0.6 is 0 Å². The summed E-state index contributed by atoms with van der Waals surface area (Å²) in [4.78, 5) is 10.6. The summed E-state index contributed by atoms with van der Waals surface area (Å²) in [5.41, 5.74) is 0. The van der Waals surface area contributed by atoms with Crippen molar-refractivity contribution in [1.82, 2.24) is 14.8 Å². The number of carboxylic acids is 1. The number of hydrogen-bond donors (Lipinski definition) is 1. The highest BCUT2D eigenvalue weighted by Gasteiger charge is 2.15. The van der Waals surface area contributed by atoms with Crippen molar-refractivity contribution >= 4 is 5.97 Å². The second kappa shape index (κ2) is 4.21. The van der Waals surface area contributed by atoms with Gasteiger partial charge in [0, 0.05) is 12.5 Å². The zero-order valence-electron chi connectivity index (χ0n) is 8.69. The molecule has 1 aromatic rings. The summed E-state index contributed by atoms with van der Waals surface area (Å²) in [7, 11) is 0. The van der Waals surface area contributed by atoms with Crippen molar-refractivity contribution in [2.45, 2.75) is 39.7 Å². The molecule has 0 aliphatic rings. The molecule has 0 aliphatic carbocycles. The van der Waals surface area contributed by atoms with E-state index in [1.807, 2.05) is 25.3 Å². The molecule has 0 aliphatic heterocycles. The Hall–Kier alpha value is -1.39. The molecular formula is C9H15N3O2. The summed E-state index contributed by atoms with van der Waals surface area (Å²) in [6.45, 7) is 5.97. The largest absolute Gasteiger partial charge is 0.481 e. The Morgan fingerprint density at radius 2 is 2.00 bits per heavy atom. The van der Waals surface area contributed by atoms with Gasteiger partial charge in [-0.1, -0.05) is 6.92 Å². The SMILES string of the molecule is CCc1nnc(CC(=O)O)n1C(C)C. The van der Waals surface area contributed by atoms with Gasteiger partial charge in [-0.2, -0.15) is 0 Å². The lowest BCUT2D eigenvalue weighted by atomic mass is 10.3. The maximum atomic E-state index is 10.6. The fourth-order valence-electron chi connectivity index (χ4n) is 1.45. The van der Waals surface area contributed by atoms with E-state index < -0.39 is 5.97 Å². The van der Waals surface area contributed by atoms with E-state index in [-0.39, 0.29) is 12.5 Å². The molecule has 0 aromatic carbocycles. The van der Waals surface area contributed by atoms with Gasteiger partial charge in [-0.3, -0.25) is 4.79 Å². The van der Waals surface area contributed by atoms with Gasteiger partial charge in [0.25, 0.3) is 0 Å². The van der Waals surface area contributed by atoms with Crippen LogP contribution in [0.5, 0.6) is 0 Å². The van der Waals surface area contributed by atoms with Crippen LogP contribution in [0.25, 0.3) is 0 Å². The molecule has 0 bridgehead atoms. The van der Waals surface area contributed by atoms with Crippen molar-refractivity contribution in [2.75, 3.05) is 0 Å². The third kappa shape index (κ3) is 2.10. The summed E-state index contributed by atoms with van der Waals surface area (Å²) in [6, 6.07) is 0.203. The number of hydrogen-bond acceptors (Lipinski definition) is 3. The lowest BCUT2D eigenvalue weighted by Crippen LogP contribution is -2.13. The minimum absolute atomic E-state index is 0.0643. The molecule has 5 heteroatoms. The maximum Gasteiger partial charge on any atom is 0.311 e. The van der Waals surface area contributed by atoms with Gasteiger partial charge in [0.2, 0.25) is 0 Å². The standard InChI is InChI=1S/C9H15N3O2/c1-4-7-10-11-8(5-9(13)14)12(7)6(2)3/h6H,4-5H2,1-3H3,(H,13,14). The summed E-state index contributed by atoms with van der Waals surface area (Å²) in [5, 5.41) is 16.5. The number of aromatic nitrogens is 3. The van der Waals surface area contributed by atoms with E-state index in [4.69, 9.17) is 5.11 Å². The smallest absolute Gasteiger partial charge is 0.311 e. The van der Waals surface area contributed by atoms with Gasteiger partial charge in [0.1, 0.15) is 18.1 Å². The van der Waals surface area contributed by atoms with Crippen molar-refractivity contribution < 1.29 is 9.90 Å². The molecule has 14 heavy (non-hydrogen) atoms. The van der Waals surface area contributed by atoms with Gasteiger partial charge in [-0.05, 0) is 13.8 Å². The van der Waals surface area contributed by atoms with Crippen LogP contribution in [-0.4, -0.2) is 25.8 Å². The van der Waals surface area contributed by atoms with Gasteiger partial charge >= 0.3 is 5.97 Å². The Morgan fingerprint density at radius 3 is 2.43 bits per heavy atom. The van der Waals surface area contributed by atoms with Gasteiger partial charge in [-0.25, -0.2) is 0 Å². The van der Waals surface area contributed by atoms with Crippen molar-refractivity contribution in [2.24, 2.45) is 0 Å². The zero-order chi connectivity index (χ0) is 10.7. The van der Waals surface area contributed by atoms with E-state index in [1.165, 1.54) is 0 Å². The summed E-state index contributed by atoms with van der Waals surface area (Å²) in [5.74, 6) is 0.502. The molecule has 0 saturated carbocycles. The highest BCUT2D eigenvalue weighted by Crippen LogP contribution is 2.12. The van der Waals surface area contributed by atoms with Crippen molar-refractivity contribution in [3.63, 3.8) is 0 Å². The molecule has 0 spiro atoms. The van der Waals surface area contributed by atoms with Crippen LogP contribution in [0, 0.1) is 0 Å². The molecule has 1 rings (SSSR count). The summed E-state index contributed by atoms with van der Waals surface area (Å²) < 4.78 is 1.88. The average molecular weight is 197 g/mol. The number of rotatable bonds is 4. The second-order valence-corrected chi connectivity index (χ2v) is 3.42. The Bertz CT molecular complexity index is 331. The molecular weight excluding hydrogens is 182 g/mol. The van der Waals surface area contributed by atoms with E-state index in [1.54, 1.807) is 0 Å². The van der Waals surface area contributed by atoms with Crippen molar-refractivity contribution in [1.29, 1.82) is 0 Å². The predicted octanol–water partition coefficient (Wildman–Crippen LogP) is 1.05. The molecule has 0 amide bonds. The minimum atomic E-state index is -0.873. The number of carbonyl (C=O) groups is 1. The molecule has 1 N–H and O–H groups in total. The number of aliphatic carboxylic acids is 1. The maximum absolute atomic E-state index is 10.6. The van der Waals surface area contributed by atoms with Crippen LogP contribution in [0.1, 0.15) is 38.5 Å². The number of nitrogens with zero attached hydrogens (tertiary/aromatic N) is 3. The molecule has 0 radical (unpaired) electrons. The van der Waals surface area contributed by atoms with Gasteiger partial charge < -0.3 is 9.67 Å². The molecule has 78 valence electrons. The van der Waals surface area contributed by atoms with E-state index in [0.29, 0.717) is 5.82 Å². The van der Waals surface area contributed by atoms with Crippen LogP contribution in [-0.2, 0) is 17.6 Å². The monoisotopic (exact) mass is 197 g/mol. The Kier molecular flexibility index (Phi) is 3.22. The lowest BCUT2D eigenvalue weighted by molar-refractivity contribution is -0.136. The first-order valence-corrected chi connectivity index (χ1v) is 4.70. The van der Waals surface area contributed by atoms with Crippen LogP contribution in [0.4, 0.5) is 0 Å². The first-order chi connectivity index (χ1) is 6.56. The van der Waals surface area contributed by atoms with Crippen molar-refractivity contribution in [3.8, 4) is 0 Å². The molecule has 1 heterocycles. The van der Waals surface area contributed by atoms with Crippen LogP contribution in [0.2, 0.25) is 0 Å². The quantitative estimate of drug-likeness (QED) is 0.783. The van der Waals surface area contributed by atoms with Crippen LogP contribution in [0.15, 0.2) is 0 Å². The van der Waals surface area contributed by atoms with Crippen LogP contribution in [0.3, 0.4) is 0 Å².